The van der Waals surface area contributed by atoms with Crippen LogP contribution in [-0.4, -0.2) is 49.1 Å². The third-order valence-corrected chi connectivity index (χ3v) is 7.92. The molecule has 2 fully saturated rings. The Morgan fingerprint density at radius 2 is 1.42 bits per heavy atom. The number of rotatable bonds is 9. The molecule has 0 aliphatic carbocycles. The van der Waals surface area contributed by atoms with Crippen LogP contribution >= 0.6 is 0 Å². The highest BCUT2D eigenvalue weighted by Gasteiger charge is 2.37. The average molecular weight is 449 g/mol. The molecule has 4 rings (SSSR count). The quantitative estimate of drug-likeness (QED) is 0.454. The first kappa shape index (κ1) is 24.3. The van der Waals surface area contributed by atoms with Gasteiger partial charge in [-0.25, -0.2) is 0 Å². The standard InChI is InChI=1S/C30H44N2O/c1-4-26-9-11-27(12-10-26)13-18-31-19-14-30(15-20-31)16-21-32(22-17-30)23-28-7-5-6-8-29(28)33-24-25(2)3/h5-12,25H,4,13-24H2,1-3H3. The lowest BCUT2D eigenvalue weighted by Crippen LogP contribution is -2.47. The summed E-state index contributed by atoms with van der Waals surface area (Å²) in [6, 6.07) is 17.9. The van der Waals surface area contributed by atoms with Crippen LogP contribution < -0.4 is 4.74 Å². The van der Waals surface area contributed by atoms with Crippen molar-refractivity contribution in [3.63, 3.8) is 0 Å². The van der Waals surface area contributed by atoms with E-state index in [2.05, 4.69) is 79.1 Å². The maximum Gasteiger partial charge on any atom is 0.123 e. The van der Waals surface area contributed by atoms with Crippen LogP contribution in [0.2, 0.25) is 0 Å². The largest absolute Gasteiger partial charge is 0.493 e. The molecule has 2 saturated heterocycles. The molecule has 0 unspecified atom stereocenters. The third-order valence-electron chi connectivity index (χ3n) is 7.92. The number of para-hydroxylation sites is 1. The molecule has 2 heterocycles. The number of benzene rings is 2. The minimum atomic E-state index is 0.556. The minimum absolute atomic E-state index is 0.556. The van der Waals surface area contributed by atoms with Crippen LogP contribution in [0.15, 0.2) is 48.5 Å². The maximum atomic E-state index is 6.10. The molecule has 2 aromatic carbocycles. The zero-order valence-electron chi connectivity index (χ0n) is 21.2. The number of hydrogen-bond acceptors (Lipinski definition) is 3. The van der Waals surface area contributed by atoms with Gasteiger partial charge in [0.1, 0.15) is 5.75 Å². The average Bonchev–Trinajstić information content (AvgIpc) is 2.85. The van der Waals surface area contributed by atoms with E-state index in [0.717, 1.165) is 25.3 Å². The van der Waals surface area contributed by atoms with E-state index >= 15 is 0 Å². The molecule has 0 bridgehead atoms. The number of aryl methyl sites for hydroxylation is 1. The van der Waals surface area contributed by atoms with E-state index in [9.17, 15) is 0 Å². The van der Waals surface area contributed by atoms with Crippen molar-refractivity contribution in [2.75, 3.05) is 39.3 Å². The molecule has 3 heteroatoms. The maximum absolute atomic E-state index is 6.10. The number of ether oxygens (including phenoxy) is 1. The van der Waals surface area contributed by atoms with Gasteiger partial charge in [-0.05, 0) is 93.2 Å². The molecule has 0 atom stereocenters. The summed E-state index contributed by atoms with van der Waals surface area (Å²) >= 11 is 0. The molecule has 0 N–H and O–H groups in total. The lowest BCUT2D eigenvalue weighted by atomic mass is 9.71. The first-order valence-electron chi connectivity index (χ1n) is 13.3. The fourth-order valence-electron chi connectivity index (χ4n) is 5.44. The lowest BCUT2D eigenvalue weighted by Gasteiger charge is -2.47. The van der Waals surface area contributed by atoms with E-state index in [1.54, 1.807) is 0 Å². The molecule has 2 aliphatic heterocycles. The van der Waals surface area contributed by atoms with Gasteiger partial charge in [-0.2, -0.15) is 0 Å². The van der Waals surface area contributed by atoms with E-state index in [4.69, 9.17) is 4.74 Å². The summed E-state index contributed by atoms with van der Waals surface area (Å²) < 4.78 is 6.10. The summed E-state index contributed by atoms with van der Waals surface area (Å²) in [7, 11) is 0. The van der Waals surface area contributed by atoms with Crippen LogP contribution in [0.1, 0.15) is 63.1 Å². The number of likely N-dealkylation sites (tertiary alicyclic amines) is 2. The summed E-state index contributed by atoms with van der Waals surface area (Å²) in [4.78, 5) is 5.35. The van der Waals surface area contributed by atoms with Crippen molar-refractivity contribution in [2.24, 2.45) is 11.3 Å². The van der Waals surface area contributed by atoms with E-state index in [1.807, 2.05) is 0 Å². The highest BCUT2D eigenvalue weighted by molar-refractivity contribution is 5.33. The fourth-order valence-corrected chi connectivity index (χ4v) is 5.44. The van der Waals surface area contributed by atoms with E-state index < -0.39 is 0 Å². The Kier molecular flexibility index (Phi) is 8.49. The van der Waals surface area contributed by atoms with E-state index in [1.165, 1.54) is 81.5 Å². The molecular weight excluding hydrogens is 404 g/mol. The van der Waals surface area contributed by atoms with E-state index in [0.29, 0.717) is 11.3 Å². The second-order valence-electron chi connectivity index (χ2n) is 10.9. The van der Waals surface area contributed by atoms with Gasteiger partial charge in [0.15, 0.2) is 0 Å². The van der Waals surface area contributed by atoms with Crippen molar-refractivity contribution in [3.05, 3.63) is 65.2 Å². The zero-order valence-corrected chi connectivity index (χ0v) is 21.2. The van der Waals surface area contributed by atoms with Crippen LogP contribution in [0.3, 0.4) is 0 Å². The summed E-state index contributed by atoms with van der Waals surface area (Å²) in [6.07, 6.45) is 7.78. The molecule has 180 valence electrons. The highest BCUT2D eigenvalue weighted by Crippen LogP contribution is 2.41. The van der Waals surface area contributed by atoms with Crippen molar-refractivity contribution in [2.45, 2.75) is 65.8 Å². The Labute approximate surface area is 202 Å². The van der Waals surface area contributed by atoms with Gasteiger partial charge in [0.25, 0.3) is 0 Å². The van der Waals surface area contributed by atoms with Gasteiger partial charge in [0, 0.05) is 18.7 Å². The fraction of sp³-hybridized carbons (Fsp3) is 0.600. The smallest absolute Gasteiger partial charge is 0.123 e. The Hall–Kier alpha value is -1.84. The summed E-state index contributed by atoms with van der Waals surface area (Å²) in [6.45, 7) is 14.7. The first-order chi connectivity index (χ1) is 16.0. The monoisotopic (exact) mass is 448 g/mol. The second kappa shape index (κ2) is 11.5. The second-order valence-corrected chi connectivity index (χ2v) is 10.9. The minimum Gasteiger partial charge on any atom is -0.493 e. The molecule has 0 amide bonds. The summed E-state index contributed by atoms with van der Waals surface area (Å²) in [5.74, 6) is 1.63. The van der Waals surface area contributed by atoms with Crippen LogP contribution in [0, 0.1) is 11.3 Å². The van der Waals surface area contributed by atoms with Crippen LogP contribution in [0.5, 0.6) is 5.75 Å². The molecule has 2 aromatic rings. The van der Waals surface area contributed by atoms with Crippen LogP contribution in [0.25, 0.3) is 0 Å². The molecular formula is C30H44N2O. The van der Waals surface area contributed by atoms with Crippen LogP contribution in [-0.2, 0) is 19.4 Å². The normalized spacial score (nSPS) is 19.3. The Bertz CT molecular complexity index is 842. The zero-order chi connectivity index (χ0) is 23.1. The highest BCUT2D eigenvalue weighted by atomic mass is 16.5. The van der Waals surface area contributed by atoms with Gasteiger partial charge in [0.05, 0.1) is 6.61 Å². The van der Waals surface area contributed by atoms with E-state index in [-0.39, 0.29) is 0 Å². The number of hydrogen-bond donors (Lipinski definition) is 0. The molecule has 3 nitrogen and oxygen atoms in total. The molecule has 33 heavy (non-hydrogen) atoms. The Morgan fingerprint density at radius 3 is 2.06 bits per heavy atom. The van der Waals surface area contributed by atoms with Gasteiger partial charge in [-0.1, -0.05) is 63.2 Å². The molecule has 0 saturated carbocycles. The predicted molar refractivity (Wildman–Crippen MR) is 139 cm³/mol. The number of piperidine rings is 2. The molecule has 0 radical (unpaired) electrons. The van der Waals surface area contributed by atoms with Crippen molar-refractivity contribution in [1.29, 1.82) is 0 Å². The predicted octanol–water partition coefficient (Wildman–Crippen LogP) is 6.20. The summed E-state index contributed by atoms with van der Waals surface area (Å²) in [5.41, 5.74) is 4.86. The van der Waals surface area contributed by atoms with Crippen molar-refractivity contribution >= 4 is 0 Å². The molecule has 0 aromatic heterocycles. The molecule has 2 aliphatic rings. The van der Waals surface area contributed by atoms with Gasteiger partial charge >= 0.3 is 0 Å². The SMILES string of the molecule is CCc1ccc(CCN2CCC3(CC2)CCN(Cc2ccccc2OCC(C)C)CC3)cc1. The van der Waals surface area contributed by atoms with Crippen molar-refractivity contribution < 1.29 is 4.74 Å². The Balaban J connectivity index is 1.21. The van der Waals surface area contributed by atoms with Gasteiger partial charge < -0.3 is 9.64 Å². The number of nitrogens with zero attached hydrogens (tertiary/aromatic N) is 2. The lowest BCUT2D eigenvalue weighted by molar-refractivity contribution is 0.0325. The van der Waals surface area contributed by atoms with Crippen LogP contribution in [0.4, 0.5) is 0 Å². The van der Waals surface area contributed by atoms with Crippen molar-refractivity contribution in [1.82, 2.24) is 9.80 Å². The molecule has 1 spiro atoms. The Morgan fingerprint density at radius 1 is 0.818 bits per heavy atom. The first-order valence-corrected chi connectivity index (χ1v) is 13.3. The third kappa shape index (κ3) is 6.83. The topological polar surface area (TPSA) is 15.7 Å². The summed E-state index contributed by atoms with van der Waals surface area (Å²) in [5, 5.41) is 0. The van der Waals surface area contributed by atoms with Gasteiger partial charge in [0.2, 0.25) is 0 Å². The van der Waals surface area contributed by atoms with Gasteiger partial charge in [-0.3, -0.25) is 4.90 Å². The van der Waals surface area contributed by atoms with Gasteiger partial charge in [-0.15, -0.1) is 0 Å². The van der Waals surface area contributed by atoms with Crippen molar-refractivity contribution in [3.8, 4) is 5.75 Å².